The van der Waals surface area contributed by atoms with Crippen molar-refractivity contribution in [3.05, 3.63) is 51.9 Å². The van der Waals surface area contributed by atoms with Crippen LogP contribution in [0.3, 0.4) is 0 Å². The van der Waals surface area contributed by atoms with Crippen LogP contribution in [0.15, 0.2) is 35.1 Å². The van der Waals surface area contributed by atoms with Gasteiger partial charge in [0.25, 0.3) is 5.56 Å². The Hall–Kier alpha value is -2.88. The number of methoxy groups -OCH3 is 1. The standard InChI is InChI=1S/C19H21F3N4O3/c1-29-12-15-10-17(28)26(18(24-15)25-8-2-3-9-25)11-16(27)23-14-6-4-13(5-7-14)19(20,21)22/h4-7,10H,2-3,8-9,11-12H2,1H3,(H,23,27). The van der Waals surface area contributed by atoms with E-state index in [1.807, 2.05) is 4.90 Å². The van der Waals surface area contributed by atoms with E-state index in [1.165, 1.54) is 29.9 Å². The summed E-state index contributed by atoms with van der Waals surface area (Å²) < 4.78 is 44.3. The topological polar surface area (TPSA) is 76.5 Å². The van der Waals surface area contributed by atoms with Crippen molar-refractivity contribution < 1.29 is 22.7 Å². The van der Waals surface area contributed by atoms with Gasteiger partial charge in [-0.15, -0.1) is 0 Å². The first kappa shape index (κ1) is 20.8. The number of halogens is 3. The highest BCUT2D eigenvalue weighted by atomic mass is 19.4. The van der Waals surface area contributed by atoms with E-state index in [-0.39, 0.29) is 18.8 Å². The summed E-state index contributed by atoms with van der Waals surface area (Å²) in [5.41, 5.74) is -0.515. The van der Waals surface area contributed by atoms with Crippen LogP contribution < -0.4 is 15.8 Å². The Labute approximate surface area is 165 Å². The van der Waals surface area contributed by atoms with E-state index in [9.17, 15) is 22.8 Å². The van der Waals surface area contributed by atoms with Crippen LogP contribution in [-0.4, -0.2) is 35.7 Å². The van der Waals surface area contributed by atoms with Gasteiger partial charge in [0.1, 0.15) is 6.54 Å². The van der Waals surface area contributed by atoms with E-state index in [0.717, 1.165) is 38.1 Å². The Morgan fingerprint density at radius 2 is 1.86 bits per heavy atom. The van der Waals surface area contributed by atoms with Gasteiger partial charge >= 0.3 is 6.18 Å². The molecule has 1 aromatic carbocycles. The maximum absolute atomic E-state index is 12.6. The van der Waals surface area contributed by atoms with Crippen LogP contribution in [0.1, 0.15) is 24.1 Å². The Bertz CT molecular complexity index is 920. The van der Waals surface area contributed by atoms with Gasteiger partial charge in [0, 0.05) is 32.0 Å². The minimum absolute atomic E-state index is 0.175. The van der Waals surface area contributed by atoms with Gasteiger partial charge in [0.05, 0.1) is 17.9 Å². The maximum atomic E-state index is 12.6. The Balaban J connectivity index is 1.79. The number of aromatic nitrogens is 2. The lowest BCUT2D eigenvalue weighted by Gasteiger charge is -2.21. The van der Waals surface area contributed by atoms with Gasteiger partial charge in [-0.2, -0.15) is 13.2 Å². The molecule has 0 saturated carbocycles. The third-order valence-electron chi connectivity index (χ3n) is 4.52. The van der Waals surface area contributed by atoms with E-state index in [0.29, 0.717) is 11.6 Å². The quantitative estimate of drug-likeness (QED) is 0.793. The molecule has 1 aliphatic heterocycles. The highest BCUT2D eigenvalue weighted by Crippen LogP contribution is 2.29. The fourth-order valence-corrected chi connectivity index (χ4v) is 3.16. The van der Waals surface area contributed by atoms with Crippen LogP contribution in [0.4, 0.5) is 24.8 Å². The Morgan fingerprint density at radius 3 is 2.45 bits per heavy atom. The molecule has 0 aliphatic carbocycles. The molecule has 0 spiro atoms. The van der Waals surface area contributed by atoms with Crippen molar-refractivity contribution in [1.82, 2.24) is 9.55 Å². The molecule has 2 aromatic rings. The van der Waals surface area contributed by atoms with E-state index < -0.39 is 23.2 Å². The molecule has 0 unspecified atom stereocenters. The zero-order valence-electron chi connectivity index (χ0n) is 15.8. The summed E-state index contributed by atoms with van der Waals surface area (Å²) in [6.07, 6.45) is -2.53. The van der Waals surface area contributed by atoms with Crippen LogP contribution in [-0.2, 0) is 28.9 Å². The molecule has 1 aliphatic rings. The SMILES string of the molecule is COCc1cc(=O)n(CC(=O)Nc2ccc(C(F)(F)F)cc2)c(N2CCCC2)n1. The number of amides is 1. The van der Waals surface area contributed by atoms with Crippen LogP contribution in [0, 0.1) is 0 Å². The van der Waals surface area contributed by atoms with Gasteiger partial charge in [0.15, 0.2) is 0 Å². The van der Waals surface area contributed by atoms with Crippen LogP contribution in [0.2, 0.25) is 0 Å². The predicted octanol–water partition coefficient (Wildman–Crippen LogP) is 2.65. The van der Waals surface area contributed by atoms with Crippen molar-refractivity contribution in [1.29, 1.82) is 0 Å². The fourth-order valence-electron chi connectivity index (χ4n) is 3.16. The second kappa shape index (κ2) is 8.64. The van der Waals surface area contributed by atoms with Gasteiger partial charge in [0.2, 0.25) is 11.9 Å². The number of hydrogen-bond donors (Lipinski definition) is 1. The number of nitrogens with one attached hydrogen (secondary N) is 1. The molecule has 3 rings (SSSR count). The lowest BCUT2D eigenvalue weighted by molar-refractivity contribution is -0.137. The van der Waals surface area contributed by atoms with Crippen molar-refractivity contribution in [2.24, 2.45) is 0 Å². The van der Waals surface area contributed by atoms with Crippen LogP contribution in [0.5, 0.6) is 0 Å². The summed E-state index contributed by atoms with van der Waals surface area (Å²) in [7, 11) is 1.50. The summed E-state index contributed by atoms with van der Waals surface area (Å²) >= 11 is 0. The van der Waals surface area contributed by atoms with Crippen molar-refractivity contribution in [3.8, 4) is 0 Å². The minimum Gasteiger partial charge on any atom is -0.378 e. The third-order valence-corrected chi connectivity index (χ3v) is 4.52. The van der Waals surface area contributed by atoms with Crippen LogP contribution in [0.25, 0.3) is 0 Å². The van der Waals surface area contributed by atoms with Crippen molar-refractivity contribution >= 4 is 17.5 Å². The molecule has 7 nitrogen and oxygen atoms in total. The summed E-state index contributed by atoms with van der Waals surface area (Å²) in [6, 6.07) is 5.43. The maximum Gasteiger partial charge on any atom is 0.416 e. The molecule has 0 bridgehead atoms. The number of ether oxygens (including phenoxy) is 1. The average molecular weight is 410 g/mol. The minimum atomic E-state index is -4.45. The van der Waals surface area contributed by atoms with Crippen molar-refractivity contribution in [2.45, 2.75) is 32.2 Å². The van der Waals surface area contributed by atoms with Crippen LogP contribution >= 0.6 is 0 Å². The number of nitrogens with zero attached hydrogens (tertiary/aromatic N) is 3. The first-order valence-electron chi connectivity index (χ1n) is 9.09. The normalized spacial score (nSPS) is 14.3. The van der Waals surface area contributed by atoms with E-state index in [1.54, 1.807) is 0 Å². The molecule has 10 heteroatoms. The predicted molar refractivity (Wildman–Crippen MR) is 101 cm³/mol. The summed E-state index contributed by atoms with van der Waals surface area (Å²) in [5, 5.41) is 2.52. The molecule has 1 amide bonds. The smallest absolute Gasteiger partial charge is 0.378 e. The molecule has 2 heterocycles. The lowest BCUT2D eigenvalue weighted by atomic mass is 10.2. The number of hydrogen-bond acceptors (Lipinski definition) is 5. The first-order chi connectivity index (χ1) is 13.8. The molecule has 0 atom stereocenters. The zero-order chi connectivity index (χ0) is 21.0. The third kappa shape index (κ3) is 5.14. The molecule has 29 heavy (non-hydrogen) atoms. The summed E-state index contributed by atoms with van der Waals surface area (Å²) in [4.78, 5) is 31.4. The number of carbonyl (C=O) groups is 1. The number of benzene rings is 1. The lowest BCUT2D eigenvalue weighted by Crippen LogP contribution is -2.35. The number of carbonyl (C=O) groups excluding carboxylic acids is 1. The molecule has 1 aromatic heterocycles. The van der Waals surface area contributed by atoms with E-state index in [2.05, 4.69) is 10.3 Å². The fraction of sp³-hybridized carbons (Fsp3) is 0.421. The highest BCUT2D eigenvalue weighted by molar-refractivity contribution is 5.90. The van der Waals surface area contributed by atoms with Gasteiger partial charge in [-0.3, -0.25) is 14.2 Å². The molecule has 0 radical (unpaired) electrons. The summed E-state index contributed by atoms with van der Waals surface area (Å²) in [6.45, 7) is 1.33. The zero-order valence-corrected chi connectivity index (χ0v) is 15.8. The van der Waals surface area contributed by atoms with E-state index in [4.69, 9.17) is 4.74 Å². The average Bonchev–Trinajstić information content (AvgIpc) is 3.18. The molecule has 1 fully saturated rings. The monoisotopic (exact) mass is 410 g/mol. The van der Waals surface area contributed by atoms with Gasteiger partial charge in [-0.1, -0.05) is 0 Å². The Morgan fingerprint density at radius 1 is 1.21 bits per heavy atom. The first-order valence-corrected chi connectivity index (χ1v) is 9.09. The number of anilines is 2. The van der Waals surface area contributed by atoms with Crippen molar-refractivity contribution in [3.63, 3.8) is 0 Å². The number of rotatable bonds is 6. The second-order valence-corrected chi connectivity index (χ2v) is 6.72. The van der Waals surface area contributed by atoms with Gasteiger partial charge in [-0.05, 0) is 37.1 Å². The van der Waals surface area contributed by atoms with Gasteiger partial charge < -0.3 is 15.0 Å². The number of alkyl halides is 3. The summed E-state index contributed by atoms with van der Waals surface area (Å²) in [5.74, 6) is -0.141. The highest BCUT2D eigenvalue weighted by Gasteiger charge is 2.30. The second-order valence-electron chi connectivity index (χ2n) is 6.72. The molecular formula is C19H21F3N4O3. The largest absolute Gasteiger partial charge is 0.416 e. The molecule has 156 valence electrons. The molecule has 1 N–H and O–H groups in total. The Kier molecular flexibility index (Phi) is 6.21. The van der Waals surface area contributed by atoms with Crippen molar-refractivity contribution in [2.75, 3.05) is 30.4 Å². The van der Waals surface area contributed by atoms with E-state index >= 15 is 0 Å². The molecule has 1 saturated heterocycles. The molecular weight excluding hydrogens is 389 g/mol. The van der Waals surface area contributed by atoms with Gasteiger partial charge in [-0.25, -0.2) is 4.98 Å².